The van der Waals surface area contributed by atoms with Gasteiger partial charge in [0.05, 0.1) is 11.4 Å². The molecular formula is C22H22N4O. The first-order valence-corrected chi connectivity index (χ1v) is 9.51. The molecule has 5 nitrogen and oxygen atoms in total. The first kappa shape index (κ1) is 16.2. The average molecular weight is 358 g/mol. The predicted octanol–water partition coefficient (Wildman–Crippen LogP) is 3.34. The third-order valence-electron chi connectivity index (χ3n) is 5.98. The molecule has 1 aromatic heterocycles. The van der Waals surface area contributed by atoms with Gasteiger partial charge < -0.3 is 5.32 Å². The van der Waals surface area contributed by atoms with Crippen LogP contribution in [-0.4, -0.2) is 26.9 Å². The molecule has 5 heteroatoms. The Morgan fingerprint density at radius 3 is 2.85 bits per heavy atom. The van der Waals surface area contributed by atoms with Gasteiger partial charge in [-0.2, -0.15) is 0 Å². The lowest BCUT2D eigenvalue weighted by molar-refractivity contribution is 0.0942. The minimum atomic E-state index is -0.122. The van der Waals surface area contributed by atoms with E-state index in [1.54, 1.807) is 4.68 Å². The number of aryl methyl sites for hydroxylation is 2. The van der Waals surface area contributed by atoms with Crippen molar-refractivity contribution < 1.29 is 4.79 Å². The van der Waals surface area contributed by atoms with E-state index in [0.29, 0.717) is 17.5 Å². The van der Waals surface area contributed by atoms with Crippen molar-refractivity contribution in [3.8, 4) is 5.69 Å². The molecule has 136 valence electrons. The number of carbonyl (C=O) groups is 1. The van der Waals surface area contributed by atoms with E-state index in [4.69, 9.17) is 0 Å². The fourth-order valence-corrected chi connectivity index (χ4v) is 4.53. The summed E-state index contributed by atoms with van der Waals surface area (Å²) in [5, 5.41) is 11.6. The number of fused-ring (bicyclic) bond motifs is 3. The summed E-state index contributed by atoms with van der Waals surface area (Å²) >= 11 is 0. The summed E-state index contributed by atoms with van der Waals surface area (Å²) in [6.07, 6.45) is 2.24. The maximum absolute atomic E-state index is 12.9. The molecule has 0 aliphatic heterocycles. The number of rotatable bonds is 3. The molecule has 3 atom stereocenters. The lowest BCUT2D eigenvalue weighted by atomic mass is 9.92. The molecule has 27 heavy (non-hydrogen) atoms. The molecule has 0 saturated heterocycles. The lowest BCUT2D eigenvalue weighted by Crippen LogP contribution is -2.28. The van der Waals surface area contributed by atoms with Crippen LogP contribution in [0.15, 0.2) is 48.5 Å². The minimum absolute atomic E-state index is 0.122. The van der Waals surface area contributed by atoms with Crippen molar-refractivity contribution >= 4 is 5.91 Å². The van der Waals surface area contributed by atoms with Gasteiger partial charge in [-0.15, -0.1) is 5.10 Å². The van der Waals surface area contributed by atoms with Gasteiger partial charge in [-0.1, -0.05) is 41.6 Å². The van der Waals surface area contributed by atoms with Gasteiger partial charge in [0.15, 0.2) is 5.69 Å². The van der Waals surface area contributed by atoms with Crippen molar-refractivity contribution in [2.75, 3.05) is 0 Å². The molecule has 0 spiro atoms. The van der Waals surface area contributed by atoms with Crippen molar-refractivity contribution in [2.24, 2.45) is 5.92 Å². The zero-order valence-electron chi connectivity index (χ0n) is 15.5. The summed E-state index contributed by atoms with van der Waals surface area (Å²) in [7, 11) is 0. The van der Waals surface area contributed by atoms with Crippen LogP contribution >= 0.6 is 0 Å². The fraction of sp³-hybridized carbons (Fsp3) is 0.318. The van der Waals surface area contributed by atoms with E-state index >= 15 is 0 Å². The molecule has 1 heterocycles. The van der Waals surface area contributed by atoms with Gasteiger partial charge in [0.1, 0.15) is 0 Å². The molecule has 1 fully saturated rings. The molecule has 0 bridgehead atoms. The van der Waals surface area contributed by atoms with Crippen LogP contribution in [-0.2, 0) is 6.42 Å². The van der Waals surface area contributed by atoms with E-state index in [2.05, 4.69) is 39.9 Å². The Morgan fingerprint density at radius 2 is 2.00 bits per heavy atom. The minimum Gasteiger partial charge on any atom is -0.347 e. The summed E-state index contributed by atoms with van der Waals surface area (Å²) in [5.41, 5.74) is 6.08. The van der Waals surface area contributed by atoms with E-state index in [1.807, 2.05) is 38.1 Å². The Hall–Kier alpha value is -2.95. The highest BCUT2D eigenvalue weighted by molar-refractivity contribution is 5.94. The molecular weight excluding hydrogens is 336 g/mol. The number of amides is 1. The van der Waals surface area contributed by atoms with Gasteiger partial charge in [-0.05, 0) is 61.4 Å². The van der Waals surface area contributed by atoms with Gasteiger partial charge >= 0.3 is 0 Å². The number of nitrogens with one attached hydrogen (secondary N) is 1. The van der Waals surface area contributed by atoms with Crippen LogP contribution in [0.4, 0.5) is 0 Å². The van der Waals surface area contributed by atoms with Crippen molar-refractivity contribution in [3.05, 3.63) is 76.6 Å². The van der Waals surface area contributed by atoms with Gasteiger partial charge in [0.2, 0.25) is 0 Å². The van der Waals surface area contributed by atoms with Crippen LogP contribution in [0, 0.1) is 19.8 Å². The van der Waals surface area contributed by atoms with E-state index in [9.17, 15) is 4.79 Å². The van der Waals surface area contributed by atoms with Gasteiger partial charge in [0.25, 0.3) is 5.91 Å². The molecule has 2 aliphatic carbocycles. The molecule has 1 saturated carbocycles. The van der Waals surface area contributed by atoms with Gasteiger partial charge in [-0.3, -0.25) is 4.79 Å². The van der Waals surface area contributed by atoms with Crippen LogP contribution in [0.2, 0.25) is 0 Å². The topological polar surface area (TPSA) is 59.8 Å². The number of aromatic nitrogens is 3. The highest BCUT2D eigenvalue weighted by Crippen LogP contribution is 2.54. The number of benzene rings is 2. The van der Waals surface area contributed by atoms with Crippen molar-refractivity contribution in [2.45, 2.75) is 38.6 Å². The van der Waals surface area contributed by atoms with Crippen LogP contribution in [0.1, 0.15) is 45.2 Å². The van der Waals surface area contributed by atoms with Crippen LogP contribution in [0.5, 0.6) is 0 Å². The maximum atomic E-state index is 12.9. The second-order valence-corrected chi connectivity index (χ2v) is 7.70. The number of hydrogen-bond donors (Lipinski definition) is 1. The number of nitrogens with zero attached hydrogens (tertiary/aromatic N) is 3. The highest BCUT2D eigenvalue weighted by atomic mass is 16.2. The SMILES string of the molecule is Cc1cccc(-n2nnc(C(=O)NC3C4CCc5ccccc5C43)c2C)c1. The first-order valence-electron chi connectivity index (χ1n) is 9.51. The Bertz CT molecular complexity index is 1040. The monoisotopic (exact) mass is 358 g/mol. The third-order valence-corrected chi connectivity index (χ3v) is 5.98. The van der Waals surface area contributed by atoms with Gasteiger partial charge in [0, 0.05) is 12.0 Å². The van der Waals surface area contributed by atoms with Gasteiger partial charge in [-0.25, -0.2) is 4.68 Å². The zero-order valence-corrected chi connectivity index (χ0v) is 15.5. The van der Waals surface area contributed by atoms with E-state index < -0.39 is 0 Å². The smallest absolute Gasteiger partial charge is 0.274 e. The number of carbonyl (C=O) groups excluding carboxylic acids is 1. The lowest BCUT2D eigenvalue weighted by Gasteiger charge is -2.13. The molecule has 2 aromatic carbocycles. The summed E-state index contributed by atoms with van der Waals surface area (Å²) in [5.74, 6) is 0.880. The average Bonchev–Trinajstić information content (AvgIpc) is 3.23. The normalized spacial score (nSPS) is 22.7. The van der Waals surface area contributed by atoms with Crippen LogP contribution in [0.3, 0.4) is 0 Å². The Kier molecular flexibility index (Phi) is 3.64. The first-order chi connectivity index (χ1) is 13.1. The van der Waals surface area contributed by atoms with Crippen molar-refractivity contribution in [1.82, 2.24) is 20.3 Å². The molecule has 0 radical (unpaired) electrons. The largest absolute Gasteiger partial charge is 0.347 e. The maximum Gasteiger partial charge on any atom is 0.274 e. The van der Waals surface area contributed by atoms with E-state index in [0.717, 1.165) is 29.8 Å². The molecule has 2 aliphatic rings. The van der Waals surface area contributed by atoms with E-state index in [1.165, 1.54) is 11.1 Å². The van der Waals surface area contributed by atoms with Crippen LogP contribution in [0.25, 0.3) is 5.69 Å². The molecule has 3 unspecified atom stereocenters. The standard InChI is InChI=1S/C22H22N4O/c1-13-6-5-8-16(12-13)26-14(2)20(24-25-26)22(27)23-21-18-11-10-15-7-3-4-9-17(15)19(18)21/h3-9,12,18-19,21H,10-11H2,1-2H3,(H,23,27). The predicted molar refractivity (Wildman–Crippen MR) is 103 cm³/mol. The van der Waals surface area contributed by atoms with Crippen LogP contribution < -0.4 is 5.32 Å². The second-order valence-electron chi connectivity index (χ2n) is 7.70. The highest BCUT2D eigenvalue weighted by Gasteiger charge is 2.54. The summed E-state index contributed by atoms with van der Waals surface area (Å²) < 4.78 is 1.73. The third kappa shape index (κ3) is 2.65. The van der Waals surface area contributed by atoms with Crippen molar-refractivity contribution in [1.29, 1.82) is 0 Å². The second kappa shape index (κ2) is 6.05. The zero-order chi connectivity index (χ0) is 18.5. The molecule has 5 rings (SSSR count). The molecule has 3 aromatic rings. The Labute approximate surface area is 158 Å². The Balaban J connectivity index is 1.36. The fourth-order valence-electron chi connectivity index (χ4n) is 4.53. The Morgan fingerprint density at radius 1 is 1.15 bits per heavy atom. The van der Waals surface area contributed by atoms with E-state index in [-0.39, 0.29) is 11.9 Å². The van der Waals surface area contributed by atoms with Crippen molar-refractivity contribution in [3.63, 3.8) is 0 Å². The molecule has 1 N–H and O–H groups in total. The summed E-state index contributed by atoms with van der Waals surface area (Å²) in [6.45, 7) is 3.93. The summed E-state index contributed by atoms with van der Waals surface area (Å²) in [4.78, 5) is 12.9. The quantitative estimate of drug-likeness (QED) is 0.781. The molecule has 1 amide bonds. The number of hydrogen-bond acceptors (Lipinski definition) is 3. The summed E-state index contributed by atoms with van der Waals surface area (Å²) in [6, 6.07) is 16.9.